The van der Waals surface area contributed by atoms with Crippen LogP contribution in [0, 0.1) is 5.82 Å². The molecule has 0 saturated carbocycles. The van der Waals surface area contributed by atoms with E-state index < -0.39 is 23.7 Å². The first-order valence-electron chi connectivity index (χ1n) is 6.09. The van der Waals surface area contributed by atoms with Crippen LogP contribution in [-0.4, -0.2) is 41.1 Å². The van der Waals surface area contributed by atoms with Crippen LogP contribution in [-0.2, 0) is 9.59 Å². The van der Waals surface area contributed by atoms with Gasteiger partial charge in [0.1, 0.15) is 17.6 Å². The monoisotopic (exact) mass is 301 g/mol. The zero-order chi connectivity index (χ0) is 14.7. The lowest BCUT2D eigenvalue weighted by atomic mass is 10.2. The Balaban J connectivity index is 1.96. The molecule has 1 aromatic rings. The lowest BCUT2D eigenvalue weighted by Crippen LogP contribution is -2.42. The number of ether oxygens (including phenoxy) is 1. The molecule has 1 N–H and O–H groups in total. The minimum absolute atomic E-state index is 0.0639. The minimum Gasteiger partial charge on any atom is -0.482 e. The molecule has 1 aromatic carbocycles. The molecule has 1 heterocycles. The van der Waals surface area contributed by atoms with Crippen LogP contribution in [0.2, 0.25) is 5.02 Å². The topological polar surface area (TPSA) is 66.8 Å². The van der Waals surface area contributed by atoms with Crippen molar-refractivity contribution in [2.24, 2.45) is 0 Å². The van der Waals surface area contributed by atoms with Crippen LogP contribution in [0.1, 0.15) is 12.8 Å². The third-order valence-electron chi connectivity index (χ3n) is 3.10. The van der Waals surface area contributed by atoms with Crippen LogP contribution in [0.15, 0.2) is 18.2 Å². The Morgan fingerprint density at radius 1 is 1.50 bits per heavy atom. The number of rotatable bonds is 4. The summed E-state index contributed by atoms with van der Waals surface area (Å²) in [5, 5.41) is 9.06. The van der Waals surface area contributed by atoms with Crippen molar-refractivity contribution in [3.8, 4) is 5.75 Å². The molecule has 0 spiro atoms. The Bertz CT molecular complexity index is 537. The third kappa shape index (κ3) is 3.19. The van der Waals surface area contributed by atoms with Crippen molar-refractivity contribution in [1.82, 2.24) is 4.90 Å². The van der Waals surface area contributed by atoms with Gasteiger partial charge < -0.3 is 14.7 Å². The van der Waals surface area contributed by atoms with Gasteiger partial charge in [-0.15, -0.1) is 0 Å². The summed E-state index contributed by atoms with van der Waals surface area (Å²) in [5.74, 6) is -1.75. The Hall–Kier alpha value is -1.82. The van der Waals surface area contributed by atoms with Crippen LogP contribution >= 0.6 is 11.6 Å². The number of benzene rings is 1. The number of carboxylic acids is 1. The fourth-order valence-corrected chi connectivity index (χ4v) is 2.36. The van der Waals surface area contributed by atoms with Gasteiger partial charge in [-0.1, -0.05) is 11.6 Å². The number of likely N-dealkylation sites (tertiary alicyclic amines) is 1. The van der Waals surface area contributed by atoms with Crippen molar-refractivity contribution < 1.29 is 23.8 Å². The number of carbonyl (C=O) groups is 2. The van der Waals surface area contributed by atoms with Gasteiger partial charge in [-0.05, 0) is 31.0 Å². The van der Waals surface area contributed by atoms with Gasteiger partial charge in [-0.3, -0.25) is 4.79 Å². The number of aliphatic carboxylic acids is 1. The van der Waals surface area contributed by atoms with Gasteiger partial charge >= 0.3 is 5.97 Å². The van der Waals surface area contributed by atoms with Crippen molar-refractivity contribution in [3.63, 3.8) is 0 Å². The largest absolute Gasteiger partial charge is 0.482 e. The maximum Gasteiger partial charge on any atom is 0.326 e. The van der Waals surface area contributed by atoms with Gasteiger partial charge in [0.2, 0.25) is 0 Å². The molecular weight excluding hydrogens is 289 g/mol. The summed E-state index contributed by atoms with van der Waals surface area (Å²) in [5.41, 5.74) is 0. The first-order chi connectivity index (χ1) is 9.49. The Morgan fingerprint density at radius 2 is 2.25 bits per heavy atom. The number of nitrogens with zero attached hydrogens (tertiary/aromatic N) is 1. The highest BCUT2D eigenvalue weighted by Crippen LogP contribution is 2.25. The molecule has 7 heteroatoms. The van der Waals surface area contributed by atoms with E-state index in [-0.39, 0.29) is 17.4 Å². The normalized spacial score (nSPS) is 18.1. The SMILES string of the molecule is O=C(O)C1CCCN1C(=O)COc1ccc(F)cc1Cl. The molecule has 0 bridgehead atoms. The highest BCUT2D eigenvalue weighted by Gasteiger charge is 2.33. The third-order valence-corrected chi connectivity index (χ3v) is 3.40. The van der Waals surface area contributed by atoms with E-state index in [0.29, 0.717) is 19.4 Å². The molecule has 2 rings (SSSR count). The van der Waals surface area contributed by atoms with E-state index >= 15 is 0 Å². The smallest absolute Gasteiger partial charge is 0.326 e. The molecule has 0 aliphatic carbocycles. The van der Waals surface area contributed by atoms with Gasteiger partial charge in [0.25, 0.3) is 5.91 Å². The predicted octanol–water partition coefficient (Wildman–Crippen LogP) is 1.93. The molecule has 5 nitrogen and oxygen atoms in total. The summed E-state index contributed by atoms with van der Waals surface area (Å²) >= 11 is 5.77. The van der Waals surface area contributed by atoms with Crippen molar-refractivity contribution in [2.75, 3.05) is 13.2 Å². The summed E-state index contributed by atoms with van der Waals surface area (Å²) < 4.78 is 18.1. The quantitative estimate of drug-likeness (QED) is 0.923. The van der Waals surface area contributed by atoms with Crippen LogP contribution in [0.3, 0.4) is 0 Å². The summed E-state index contributed by atoms with van der Waals surface area (Å²) in [4.78, 5) is 24.2. The summed E-state index contributed by atoms with van der Waals surface area (Å²) in [7, 11) is 0. The van der Waals surface area contributed by atoms with Crippen molar-refractivity contribution >= 4 is 23.5 Å². The van der Waals surface area contributed by atoms with Crippen LogP contribution < -0.4 is 4.74 Å². The zero-order valence-corrected chi connectivity index (χ0v) is 11.3. The average molecular weight is 302 g/mol. The van der Waals surface area contributed by atoms with Crippen molar-refractivity contribution in [1.29, 1.82) is 0 Å². The molecule has 1 fully saturated rings. The van der Waals surface area contributed by atoms with E-state index in [4.69, 9.17) is 21.4 Å². The molecule has 1 saturated heterocycles. The fourth-order valence-electron chi connectivity index (χ4n) is 2.14. The fraction of sp³-hybridized carbons (Fsp3) is 0.385. The Labute approximate surface area is 119 Å². The van der Waals surface area contributed by atoms with E-state index in [1.54, 1.807) is 0 Å². The highest BCUT2D eigenvalue weighted by molar-refractivity contribution is 6.32. The van der Waals surface area contributed by atoms with Gasteiger partial charge in [0, 0.05) is 6.54 Å². The second-order valence-electron chi connectivity index (χ2n) is 4.45. The van der Waals surface area contributed by atoms with Crippen LogP contribution in [0.4, 0.5) is 4.39 Å². The highest BCUT2D eigenvalue weighted by atomic mass is 35.5. The molecular formula is C13H13ClFNO4. The lowest BCUT2D eigenvalue weighted by molar-refractivity contribution is -0.148. The van der Waals surface area contributed by atoms with E-state index in [9.17, 15) is 14.0 Å². The molecule has 20 heavy (non-hydrogen) atoms. The number of carbonyl (C=O) groups excluding carboxylic acids is 1. The number of hydrogen-bond donors (Lipinski definition) is 1. The van der Waals surface area contributed by atoms with Gasteiger partial charge in [-0.25, -0.2) is 9.18 Å². The van der Waals surface area contributed by atoms with Gasteiger partial charge in [0.15, 0.2) is 6.61 Å². The Morgan fingerprint density at radius 3 is 2.90 bits per heavy atom. The van der Waals surface area contributed by atoms with E-state index in [0.717, 1.165) is 6.07 Å². The molecule has 1 aliphatic heterocycles. The minimum atomic E-state index is -1.02. The maximum atomic E-state index is 12.9. The Kier molecular flexibility index (Phi) is 4.44. The first-order valence-corrected chi connectivity index (χ1v) is 6.47. The second-order valence-corrected chi connectivity index (χ2v) is 4.85. The van der Waals surface area contributed by atoms with Gasteiger partial charge in [-0.2, -0.15) is 0 Å². The molecule has 108 valence electrons. The first kappa shape index (κ1) is 14.6. The summed E-state index contributed by atoms with van der Waals surface area (Å²) in [6, 6.07) is 2.78. The molecule has 1 aliphatic rings. The zero-order valence-electron chi connectivity index (χ0n) is 10.5. The standard InChI is InChI=1S/C13H13ClFNO4/c14-9-6-8(15)3-4-11(9)20-7-12(17)16-5-1-2-10(16)13(18)19/h3-4,6,10H,1-2,5,7H2,(H,18,19). The number of carboxylic acid groups (broad SMARTS) is 1. The average Bonchev–Trinajstić information content (AvgIpc) is 2.86. The number of amides is 1. The van der Waals surface area contributed by atoms with Crippen LogP contribution in [0.25, 0.3) is 0 Å². The molecule has 1 atom stereocenters. The van der Waals surface area contributed by atoms with Crippen molar-refractivity contribution in [2.45, 2.75) is 18.9 Å². The van der Waals surface area contributed by atoms with Gasteiger partial charge in [0.05, 0.1) is 5.02 Å². The maximum absolute atomic E-state index is 12.9. The lowest BCUT2D eigenvalue weighted by Gasteiger charge is -2.21. The number of halogens is 2. The van der Waals surface area contributed by atoms with E-state index in [1.807, 2.05) is 0 Å². The molecule has 1 unspecified atom stereocenters. The number of hydrogen-bond acceptors (Lipinski definition) is 3. The molecule has 1 amide bonds. The van der Waals surface area contributed by atoms with E-state index in [1.165, 1.54) is 17.0 Å². The van der Waals surface area contributed by atoms with E-state index in [2.05, 4.69) is 0 Å². The van der Waals surface area contributed by atoms with Crippen molar-refractivity contribution in [3.05, 3.63) is 29.0 Å². The summed E-state index contributed by atoms with van der Waals surface area (Å²) in [6.07, 6.45) is 1.10. The van der Waals surface area contributed by atoms with Crippen LogP contribution in [0.5, 0.6) is 5.75 Å². The second kappa shape index (κ2) is 6.09. The molecule has 0 radical (unpaired) electrons. The summed E-state index contributed by atoms with van der Waals surface area (Å²) in [6.45, 7) is 0.0748. The predicted molar refractivity (Wildman–Crippen MR) is 69.3 cm³/mol. The molecule has 0 aromatic heterocycles.